The molecular weight excluding hydrogens is 354 g/mol. The quantitative estimate of drug-likeness (QED) is 0.825. The van der Waals surface area contributed by atoms with Crippen molar-refractivity contribution in [3.05, 3.63) is 23.7 Å². The molecule has 2 N–H and O–H groups in total. The van der Waals surface area contributed by atoms with Gasteiger partial charge in [-0.2, -0.15) is 10.1 Å². The molecule has 0 radical (unpaired) electrons. The Labute approximate surface area is 165 Å². The van der Waals surface area contributed by atoms with E-state index in [9.17, 15) is 4.79 Å². The van der Waals surface area contributed by atoms with Crippen molar-refractivity contribution >= 4 is 23.4 Å². The van der Waals surface area contributed by atoms with Crippen molar-refractivity contribution < 1.29 is 4.79 Å². The molecule has 150 valence electrons. The third-order valence-corrected chi connectivity index (χ3v) is 5.71. The van der Waals surface area contributed by atoms with Gasteiger partial charge in [-0.15, -0.1) is 0 Å². The fourth-order valence-corrected chi connectivity index (χ4v) is 4.30. The maximum Gasteiger partial charge on any atom is 0.244 e. The van der Waals surface area contributed by atoms with E-state index in [0.717, 1.165) is 35.5 Å². The summed E-state index contributed by atoms with van der Waals surface area (Å²) in [6.07, 6.45) is 9.35. The number of carbonyl (C=O) groups is 1. The fourth-order valence-electron chi connectivity index (χ4n) is 4.30. The SMILES string of the molecule is Cc1nc(NCc2cnn(CC3CCC[C@H](C)C3)c2)nc2c1NC(=O)CN2C. The summed E-state index contributed by atoms with van der Waals surface area (Å²) in [7, 11) is 1.87. The number of nitrogens with zero attached hydrogens (tertiary/aromatic N) is 5. The number of fused-ring (bicyclic) bond motifs is 1. The zero-order chi connectivity index (χ0) is 19.7. The first-order valence-corrected chi connectivity index (χ1v) is 10.1. The normalized spacial score (nSPS) is 22.0. The molecule has 1 aliphatic heterocycles. The van der Waals surface area contributed by atoms with Crippen molar-refractivity contribution in [3.8, 4) is 0 Å². The van der Waals surface area contributed by atoms with E-state index in [-0.39, 0.29) is 5.91 Å². The summed E-state index contributed by atoms with van der Waals surface area (Å²) in [6, 6.07) is 0. The molecule has 0 aromatic carbocycles. The molecule has 8 heteroatoms. The van der Waals surface area contributed by atoms with E-state index in [0.29, 0.717) is 24.7 Å². The third kappa shape index (κ3) is 4.10. The Balaban J connectivity index is 1.39. The van der Waals surface area contributed by atoms with Gasteiger partial charge in [-0.1, -0.05) is 19.8 Å². The van der Waals surface area contributed by atoms with Crippen LogP contribution in [0.3, 0.4) is 0 Å². The topological polar surface area (TPSA) is 88.0 Å². The van der Waals surface area contributed by atoms with Crippen molar-refractivity contribution in [2.75, 3.05) is 29.1 Å². The van der Waals surface area contributed by atoms with Crippen LogP contribution in [0.2, 0.25) is 0 Å². The van der Waals surface area contributed by atoms with Crippen molar-refractivity contribution in [2.45, 2.75) is 52.6 Å². The van der Waals surface area contributed by atoms with E-state index in [1.807, 2.05) is 25.1 Å². The third-order valence-electron chi connectivity index (χ3n) is 5.71. The number of nitrogens with one attached hydrogen (secondary N) is 2. The Kier molecular flexibility index (Phi) is 5.19. The Bertz CT molecular complexity index is 862. The van der Waals surface area contributed by atoms with Gasteiger partial charge in [0.15, 0.2) is 5.82 Å². The number of rotatable bonds is 5. The second kappa shape index (κ2) is 7.77. The van der Waals surface area contributed by atoms with Crippen LogP contribution >= 0.6 is 0 Å². The lowest BCUT2D eigenvalue weighted by atomic mass is 9.82. The highest BCUT2D eigenvalue weighted by atomic mass is 16.2. The van der Waals surface area contributed by atoms with Gasteiger partial charge in [-0.3, -0.25) is 9.48 Å². The summed E-state index contributed by atoms with van der Waals surface area (Å²) in [5, 5.41) is 10.7. The monoisotopic (exact) mass is 383 g/mol. The van der Waals surface area contributed by atoms with E-state index in [1.165, 1.54) is 25.7 Å². The second-order valence-electron chi connectivity index (χ2n) is 8.30. The van der Waals surface area contributed by atoms with Crippen molar-refractivity contribution in [1.29, 1.82) is 0 Å². The maximum absolute atomic E-state index is 11.7. The lowest BCUT2D eigenvalue weighted by Crippen LogP contribution is -2.36. The molecule has 0 saturated heterocycles. The van der Waals surface area contributed by atoms with Gasteiger partial charge in [0, 0.05) is 31.9 Å². The molecule has 1 saturated carbocycles. The Hall–Kier alpha value is -2.64. The summed E-state index contributed by atoms with van der Waals surface area (Å²) in [4.78, 5) is 22.6. The summed E-state index contributed by atoms with van der Waals surface area (Å²) in [6.45, 7) is 6.16. The molecule has 3 heterocycles. The molecule has 28 heavy (non-hydrogen) atoms. The van der Waals surface area contributed by atoms with Crippen LogP contribution in [0.15, 0.2) is 12.4 Å². The molecule has 4 rings (SSSR count). The van der Waals surface area contributed by atoms with Gasteiger partial charge in [-0.25, -0.2) is 4.98 Å². The van der Waals surface area contributed by atoms with E-state index in [1.54, 1.807) is 0 Å². The Morgan fingerprint density at radius 2 is 2.18 bits per heavy atom. The number of anilines is 3. The summed E-state index contributed by atoms with van der Waals surface area (Å²) in [5.74, 6) is 2.84. The zero-order valence-corrected chi connectivity index (χ0v) is 16.9. The van der Waals surface area contributed by atoms with Crippen molar-refractivity contribution in [1.82, 2.24) is 19.7 Å². The van der Waals surface area contributed by atoms with Gasteiger partial charge in [0.1, 0.15) is 5.69 Å². The molecule has 0 bridgehead atoms. The minimum absolute atomic E-state index is 0.0396. The molecule has 0 spiro atoms. The number of likely N-dealkylation sites (N-methyl/N-ethyl adjacent to an activating group) is 1. The first kappa shape index (κ1) is 18.7. The molecule has 1 amide bonds. The van der Waals surface area contributed by atoms with Gasteiger partial charge in [-0.05, 0) is 31.6 Å². The van der Waals surface area contributed by atoms with E-state index in [2.05, 4.69) is 43.5 Å². The molecule has 2 aliphatic rings. The molecule has 2 aromatic heterocycles. The number of amides is 1. The van der Waals surface area contributed by atoms with Crippen LogP contribution in [0, 0.1) is 18.8 Å². The van der Waals surface area contributed by atoms with Crippen LogP contribution in [0.5, 0.6) is 0 Å². The van der Waals surface area contributed by atoms with Gasteiger partial charge in [0.2, 0.25) is 11.9 Å². The first-order chi connectivity index (χ1) is 13.5. The van der Waals surface area contributed by atoms with Crippen LogP contribution in [-0.4, -0.2) is 39.2 Å². The van der Waals surface area contributed by atoms with Crippen molar-refractivity contribution in [2.24, 2.45) is 11.8 Å². The minimum atomic E-state index is -0.0396. The average Bonchev–Trinajstić information content (AvgIpc) is 3.08. The highest BCUT2D eigenvalue weighted by molar-refractivity contribution is 6.00. The van der Waals surface area contributed by atoms with Crippen LogP contribution in [-0.2, 0) is 17.9 Å². The smallest absolute Gasteiger partial charge is 0.244 e. The van der Waals surface area contributed by atoms with Gasteiger partial charge in [0.25, 0.3) is 0 Å². The minimum Gasteiger partial charge on any atom is -0.350 e. The molecule has 8 nitrogen and oxygen atoms in total. The Morgan fingerprint density at radius 3 is 3.00 bits per heavy atom. The number of carbonyl (C=O) groups excluding carboxylic acids is 1. The largest absolute Gasteiger partial charge is 0.350 e. The molecule has 1 unspecified atom stereocenters. The van der Waals surface area contributed by atoms with E-state index < -0.39 is 0 Å². The van der Waals surface area contributed by atoms with E-state index in [4.69, 9.17) is 0 Å². The molecular formula is C20H29N7O. The lowest BCUT2D eigenvalue weighted by molar-refractivity contribution is -0.115. The highest BCUT2D eigenvalue weighted by Crippen LogP contribution is 2.30. The number of aromatic nitrogens is 4. The number of hydrogen-bond acceptors (Lipinski definition) is 6. The molecule has 2 aromatic rings. The number of aryl methyl sites for hydroxylation is 1. The summed E-state index contributed by atoms with van der Waals surface area (Å²) in [5.41, 5.74) is 2.57. The number of hydrogen-bond donors (Lipinski definition) is 2. The summed E-state index contributed by atoms with van der Waals surface area (Å²) < 4.78 is 2.07. The van der Waals surface area contributed by atoms with Crippen molar-refractivity contribution in [3.63, 3.8) is 0 Å². The molecule has 1 aliphatic carbocycles. The maximum atomic E-state index is 11.7. The lowest BCUT2D eigenvalue weighted by Gasteiger charge is -2.27. The average molecular weight is 384 g/mol. The van der Waals surface area contributed by atoms with Gasteiger partial charge in [0.05, 0.1) is 18.4 Å². The molecule has 2 atom stereocenters. The molecule has 1 fully saturated rings. The second-order valence-corrected chi connectivity index (χ2v) is 8.30. The highest BCUT2D eigenvalue weighted by Gasteiger charge is 2.24. The fraction of sp³-hybridized carbons (Fsp3) is 0.600. The van der Waals surface area contributed by atoms with E-state index >= 15 is 0 Å². The van der Waals surface area contributed by atoms with Gasteiger partial charge >= 0.3 is 0 Å². The summed E-state index contributed by atoms with van der Waals surface area (Å²) >= 11 is 0. The van der Waals surface area contributed by atoms with Gasteiger partial charge < -0.3 is 15.5 Å². The van der Waals surface area contributed by atoms with Crippen LogP contribution in [0.25, 0.3) is 0 Å². The standard InChI is InChI=1S/C20H29N7O/c1-13-5-4-6-15(7-13)10-27-11-16(9-22-27)8-21-20-23-14(2)18-19(25-20)26(3)12-17(28)24-18/h9,11,13,15H,4-8,10,12H2,1-3H3,(H,24,28)(H,21,23,25)/t13-,15?/m0/s1. The predicted molar refractivity (Wildman–Crippen MR) is 109 cm³/mol. The first-order valence-electron chi connectivity index (χ1n) is 10.1. The van der Waals surface area contributed by atoms with Crippen LogP contribution < -0.4 is 15.5 Å². The van der Waals surface area contributed by atoms with Crippen LogP contribution in [0.1, 0.15) is 43.9 Å². The zero-order valence-electron chi connectivity index (χ0n) is 16.9. The Morgan fingerprint density at radius 1 is 1.32 bits per heavy atom. The predicted octanol–water partition coefficient (Wildman–Crippen LogP) is 2.81. The van der Waals surface area contributed by atoms with Crippen LogP contribution in [0.4, 0.5) is 17.5 Å².